The Kier molecular flexibility index (Phi) is 4.13. The number of rotatable bonds is 1. The lowest BCUT2D eigenvalue weighted by atomic mass is 9.43. The number of aliphatic hydroxyl groups excluding tert-OH is 3. The van der Waals surface area contributed by atoms with Gasteiger partial charge in [0.25, 0.3) is 0 Å². The summed E-state index contributed by atoms with van der Waals surface area (Å²) in [5.41, 5.74) is -1.29. The smallest absolute Gasteiger partial charge is 0.0958 e. The molecular weight excluding hydrogens is 316 g/mol. The molecule has 0 saturated heterocycles. The fourth-order valence-electron chi connectivity index (χ4n) is 8.03. The first-order valence-electron chi connectivity index (χ1n) is 10.4. The van der Waals surface area contributed by atoms with Crippen molar-refractivity contribution in [1.29, 1.82) is 0 Å². The Balaban J connectivity index is 1.66. The molecule has 4 heteroatoms. The van der Waals surface area contributed by atoms with Crippen LogP contribution in [0, 0.1) is 34.5 Å². The fourth-order valence-corrected chi connectivity index (χ4v) is 8.03. The number of hydrogen-bond acceptors (Lipinski definition) is 4. The maximum Gasteiger partial charge on any atom is 0.0958 e. The van der Waals surface area contributed by atoms with Gasteiger partial charge >= 0.3 is 0 Å². The second-order valence-corrected chi connectivity index (χ2v) is 10.3. The molecule has 0 amide bonds. The van der Waals surface area contributed by atoms with Crippen molar-refractivity contribution in [2.75, 3.05) is 0 Å². The summed E-state index contributed by atoms with van der Waals surface area (Å²) in [5.74, 6) is 1.84. The highest BCUT2D eigenvalue weighted by Crippen LogP contribution is 2.68. The van der Waals surface area contributed by atoms with Gasteiger partial charge in [-0.25, -0.2) is 0 Å². The molecule has 4 fully saturated rings. The van der Waals surface area contributed by atoms with Gasteiger partial charge in [0.15, 0.2) is 0 Å². The highest BCUT2D eigenvalue weighted by molar-refractivity contribution is 5.16. The minimum absolute atomic E-state index is 0.102. The molecule has 0 radical (unpaired) electrons. The zero-order valence-electron chi connectivity index (χ0n) is 16.0. The molecule has 0 aromatic carbocycles. The van der Waals surface area contributed by atoms with Crippen LogP contribution < -0.4 is 0 Å². The Morgan fingerprint density at radius 1 is 0.920 bits per heavy atom. The van der Waals surface area contributed by atoms with Crippen LogP contribution >= 0.6 is 0 Å². The fraction of sp³-hybridized carbons (Fsp3) is 1.00. The van der Waals surface area contributed by atoms with Gasteiger partial charge in [-0.1, -0.05) is 13.8 Å². The van der Waals surface area contributed by atoms with Crippen molar-refractivity contribution >= 4 is 0 Å². The van der Waals surface area contributed by atoms with Crippen molar-refractivity contribution in [1.82, 2.24) is 0 Å². The maximum absolute atomic E-state index is 11.3. The lowest BCUT2D eigenvalue weighted by Gasteiger charge is -2.63. The first-order chi connectivity index (χ1) is 11.6. The van der Waals surface area contributed by atoms with Crippen LogP contribution in [0.4, 0.5) is 0 Å². The van der Waals surface area contributed by atoms with Gasteiger partial charge in [-0.15, -0.1) is 0 Å². The maximum atomic E-state index is 11.3. The standard InChI is InChI=1S/C21H36O4/c1-12(22)21(25)9-7-16-15-5-4-13-10-14(23)11-18(24)20(13,3)17(15)6-8-19(16,21)2/h12-18,22-25H,4-11H2,1-3H3/t12-,13+,14-,15-,16+,17-,18+,19-,20-,21-/m0/s1. The largest absolute Gasteiger partial charge is 0.393 e. The summed E-state index contributed by atoms with van der Waals surface area (Å²) in [4.78, 5) is 0. The van der Waals surface area contributed by atoms with E-state index in [0.717, 1.165) is 38.5 Å². The molecule has 0 unspecified atom stereocenters. The summed E-state index contributed by atoms with van der Waals surface area (Å²) in [6, 6.07) is 0. The second-order valence-electron chi connectivity index (χ2n) is 10.3. The van der Waals surface area contributed by atoms with E-state index in [0.29, 0.717) is 36.5 Å². The number of hydrogen-bond donors (Lipinski definition) is 4. The third kappa shape index (κ3) is 2.20. The van der Waals surface area contributed by atoms with Crippen LogP contribution in [0.5, 0.6) is 0 Å². The van der Waals surface area contributed by atoms with Crippen molar-refractivity contribution in [3.8, 4) is 0 Å². The van der Waals surface area contributed by atoms with E-state index < -0.39 is 17.8 Å². The van der Waals surface area contributed by atoms with Crippen molar-refractivity contribution in [3.05, 3.63) is 0 Å². The van der Waals surface area contributed by atoms with E-state index in [-0.39, 0.29) is 16.9 Å². The Hall–Kier alpha value is -0.160. The van der Waals surface area contributed by atoms with Crippen LogP contribution in [0.1, 0.15) is 72.1 Å². The molecule has 4 aliphatic rings. The predicted molar refractivity (Wildman–Crippen MR) is 95.8 cm³/mol. The number of fused-ring (bicyclic) bond motifs is 5. The van der Waals surface area contributed by atoms with Crippen molar-refractivity contribution < 1.29 is 20.4 Å². The van der Waals surface area contributed by atoms with Gasteiger partial charge in [-0.05, 0) is 87.4 Å². The van der Waals surface area contributed by atoms with Crippen LogP contribution in [0.2, 0.25) is 0 Å². The zero-order valence-corrected chi connectivity index (χ0v) is 16.0. The molecule has 4 rings (SSSR count). The van der Waals surface area contributed by atoms with Crippen molar-refractivity contribution in [2.24, 2.45) is 34.5 Å². The molecule has 10 atom stereocenters. The summed E-state index contributed by atoms with van der Waals surface area (Å²) in [7, 11) is 0. The summed E-state index contributed by atoms with van der Waals surface area (Å²) in [5, 5.41) is 42.6. The summed E-state index contributed by atoms with van der Waals surface area (Å²) < 4.78 is 0. The quantitative estimate of drug-likeness (QED) is 0.584. The van der Waals surface area contributed by atoms with Gasteiger partial charge in [0, 0.05) is 5.41 Å². The average Bonchev–Trinajstić information content (AvgIpc) is 2.82. The molecule has 4 aliphatic carbocycles. The zero-order chi connectivity index (χ0) is 18.2. The van der Waals surface area contributed by atoms with Gasteiger partial charge in [0.1, 0.15) is 0 Å². The van der Waals surface area contributed by atoms with Crippen LogP contribution in [0.15, 0.2) is 0 Å². The minimum Gasteiger partial charge on any atom is -0.393 e. The second kappa shape index (κ2) is 5.67. The molecule has 0 aromatic heterocycles. The lowest BCUT2D eigenvalue weighted by Crippen LogP contribution is -2.62. The molecule has 0 bridgehead atoms. The van der Waals surface area contributed by atoms with Gasteiger partial charge < -0.3 is 20.4 Å². The molecule has 4 N–H and O–H groups in total. The molecule has 0 aliphatic heterocycles. The van der Waals surface area contributed by atoms with E-state index in [4.69, 9.17) is 0 Å². The van der Waals surface area contributed by atoms with E-state index in [1.807, 2.05) is 0 Å². The lowest BCUT2D eigenvalue weighted by molar-refractivity contribution is -0.207. The van der Waals surface area contributed by atoms with Gasteiger partial charge in [-0.2, -0.15) is 0 Å². The summed E-state index contributed by atoms with van der Waals surface area (Å²) in [6.45, 7) is 6.21. The van der Waals surface area contributed by atoms with E-state index in [1.54, 1.807) is 6.92 Å². The molecule has 4 saturated carbocycles. The molecule has 0 aromatic rings. The molecule has 25 heavy (non-hydrogen) atoms. The van der Waals surface area contributed by atoms with E-state index in [2.05, 4.69) is 13.8 Å². The molecule has 4 nitrogen and oxygen atoms in total. The Bertz CT molecular complexity index is 536. The van der Waals surface area contributed by atoms with E-state index >= 15 is 0 Å². The summed E-state index contributed by atoms with van der Waals surface area (Å²) >= 11 is 0. The first-order valence-corrected chi connectivity index (χ1v) is 10.4. The number of aliphatic hydroxyl groups is 4. The van der Waals surface area contributed by atoms with Crippen LogP contribution in [0.25, 0.3) is 0 Å². The van der Waals surface area contributed by atoms with E-state index in [9.17, 15) is 20.4 Å². The molecule has 144 valence electrons. The van der Waals surface area contributed by atoms with Crippen LogP contribution in [-0.4, -0.2) is 44.3 Å². The Labute approximate surface area is 151 Å². The van der Waals surface area contributed by atoms with Crippen LogP contribution in [-0.2, 0) is 0 Å². The molecule has 0 heterocycles. The highest BCUT2D eigenvalue weighted by atomic mass is 16.3. The topological polar surface area (TPSA) is 80.9 Å². The molecular formula is C21H36O4. The SMILES string of the molecule is C[C@H](O)[C@@]1(O)CC[C@@H]2[C@@H]3CC[C@@H]4C[C@H](O)C[C@@H](O)[C@]4(C)[C@H]3CC[C@@]21C. The first kappa shape index (κ1) is 18.2. The predicted octanol–water partition coefficient (Wildman–Crippen LogP) is 2.47. The Morgan fingerprint density at radius 2 is 1.60 bits per heavy atom. The monoisotopic (exact) mass is 352 g/mol. The third-order valence-electron chi connectivity index (χ3n) is 9.64. The third-order valence-corrected chi connectivity index (χ3v) is 9.64. The van der Waals surface area contributed by atoms with Gasteiger partial charge in [0.2, 0.25) is 0 Å². The summed E-state index contributed by atoms with van der Waals surface area (Å²) in [6.07, 6.45) is 5.71. The van der Waals surface area contributed by atoms with Crippen molar-refractivity contribution in [3.63, 3.8) is 0 Å². The van der Waals surface area contributed by atoms with Crippen molar-refractivity contribution in [2.45, 2.75) is 96.1 Å². The Morgan fingerprint density at radius 3 is 2.28 bits per heavy atom. The van der Waals surface area contributed by atoms with Crippen LogP contribution in [0.3, 0.4) is 0 Å². The molecule has 0 spiro atoms. The normalized spacial score (nSPS) is 59.6. The average molecular weight is 353 g/mol. The minimum atomic E-state index is -0.970. The van der Waals surface area contributed by atoms with E-state index in [1.165, 1.54) is 0 Å². The van der Waals surface area contributed by atoms with Gasteiger partial charge in [0.05, 0.1) is 23.9 Å². The highest BCUT2D eigenvalue weighted by Gasteiger charge is 2.66. The van der Waals surface area contributed by atoms with Gasteiger partial charge in [-0.3, -0.25) is 0 Å².